The Hall–Kier alpha value is -0.900. The molecule has 0 spiro atoms. The third-order valence-corrected chi connectivity index (χ3v) is 5.12. The van der Waals surface area contributed by atoms with Crippen molar-refractivity contribution in [1.29, 1.82) is 0 Å². The second-order valence-electron chi connectivity index (χ2n) is 7.06. The number of unbranched alkanes of at least 4 members (excludes halogenated alkanes) is 3. The fourth-order valence-corrected chi connectivity index (χ4v) is 3.57. The van der Waals surface area contributed by atoms with Crippen molar-refractivity contribution in [2.75, 3.05) is 19.8 Å². The second-order valence-corrected chi connectivity index (χ2v) is 7.06. The first-order valence-electron chi connectivity index (χ1n) is 9.23. The maximum atomic E-state index is 9.39. The van der Waals surface area contributed by atoms with E-state index in [1.54, 1.807) is 0 Å². The fraction of sp³-hybridized carbons (Fsp3) is 0.700. The predicted molar refractivity (Wildman–Crippen MR) is 95.7 cm³/mol. The van der Waals surface area contributed by atoms with Gasteiger partial charge in [-0.2, -0.15) is 0 Å². The van der Waals surface area contributed by atoms with Gasteiger partial charge >= 0.3 is 0 Å². The number of ether oxygens (including phenoxy) is 1. The summed E-state index contributed by atoms with van der Waals surface area (Å²) in [6.07, 6.45) is 9.07. The fourth-order valence-electron chi connectivity index (χ4n) is 3.57. The van der Waals surface area contributed by atoms with E-state index in [1.807, 2.05) is 6.92 Å². The predicted octanol–water partition coefficient (Wildman–Crippen LogP) is 3.78. The van der Waals surface area contributed by atoms with Gasteiger partial charge < -0.3 is 15.6 Å². The molecule has 2 atom stereocenters. The van der Waals surface area contributed by atoms with E-state index in [-0.39, 0.29) is 12.1 Å². The van der Waals surface area contributed by atoms with Crippen LogP contribution in [-0.2, 0) is 11.2 Å². The van der Waals surface area contributed by atoms with Crippen molar-refractivity contribution in [1.82, 2.24) is 0 Å². The molecule has 2 rings (SSSR count). The summed E-state index contributed by atoms with van der Waals surface area (Å²) in [7, 11) is 0. The van der Waals surface area contributed by atoms with Crippen LogP contribution in [0.25, 0.3) is 0 Å². The van der Waals surface area contributed by atoms with Crippen LogP contribution in [0.3, 0.4) is 0 Å². The van der Waals surface area contributed by atoms with Crippen LogP contribution < -0.4 is 5.73 Å². The van der Waals surface area contributed by atoms with E-state index < -0.39 is 0 Å². The number of benzene rings is 1. The van der Waals surface area contributed by atoms with Gasteiger partial charge in [-0.05, 0) is 62.5 Å². The molecule has 0 saturated heterocycles. The Kier molecular flexibility index (Phi) is 7.54. The highest BCUT2D eigenvalue weighted by Gasteiger charge is 2.35. The van der Waals surface area contributed by atoms with E-state index in [0.717, 1.165) is 38.9 Å². The number of aliphatic hydroxyl groups excluding tert-OH is 1. The molecule has 0 unspecified atom stereocenters. The van der Waals surface area contributed by atoms with E-state index in [1.165, 1.54) is 36.8 Å². The zero-order chi connectivity index (χ0) is 16.5. The van der Waals surface area contributed by atoms with Gasteiger partial charge in [-0.1, -0.05) is 37.1 Å². The number of hydrogen-bond donors (Lipinski definition) is 2. The third kappa shape index (κ3) is 5.91. The van der Waals surface area contributed by atoms with E-state index in [0.29, 0.717) is 5.92 Å². The van der Waals surface area contributed by atoms with E-state index in [4.69, 9.17) is 10.5 Å². The Morgan fingerprint density at radius 3 is 2.57 bits per heavy atom. The molecule has 1 aromatic carbocycles. The largest absolute Gasteiger partial charge is 0.394 e. The van der Waals surface area contributed by atoms with Crippen LogP contribution in [0.1, 0.15) is 68.9 Å². The van der Waals surface area contributed by atoms with Crippen LogP contribution in [0.5, 0.6) is 0 Å². The first-order valence-corrected chi connectivity index (χ1v) is 9.23. The highest BCUT2D eigenvalue weighted by Crippen LogP contribution is 2.39. The number of rotatable bonds is 10. The van der Waals surface area contributed by atoms with E-state index in [2.05, 4.69) is 24.3 Å². The molecule has 0 aliphatic heterocycles. The van der Waals surface area contributed by atoms with E-state index in [9.17, 15) is 5.11 Å². The van der Waals surface area contributed by atoms with Gasteiger partial charge in [0.25, 0.3) is 0 Å². The van der Waals surface area contributed by atoms with Gasteiger partial charge in [0.15, 0.2) is 0 Å². The number of nitrogens with two attached hydrogens (primary N) is 1. The Bertz CT molecular complexity index is 445. The Morgan fingerprint density at radius 1 is 1.17 bits per heavy atom. The minimum atomic E-state index is -0.356. The van der Waals surface area contributed by atoms with Crippen LogP contribution in [0.15, 0.2) is 24.3 Å². The maximum absolute atomic E-state index is 9.39. The van der Waals surface area contributed by atoms with Gasteiger partial charge in [-0.25, -0.2) is 0 Å². The van der Waals surface area contributed by atoms with Crippen molar-refractivity contribution >= 4 is 0 Å². The van der Waals surface area contributed by atoms with Crippen LogP contribution >= 0.6 is 0 Å². The summed E-state index contributed by atoms with van der Waals surface area (Å²) in [5.41, 5.74) is 8.63. The summed E-state index contributed by atoms with van der Waals surface area (Å²) in [5.74, 6) is 0.514. The molecule has 0 radical (unpaired) electrons. The molecular weight excluding hydrogens is 286 g/mol. The molecule has 1 aliphatic rings. The summed E-state index contributed by atoms with van der Waals surface area (Å²) >= 11 is 0. The summed E-state index contributed by atoms with van der Waals surface area (Å²) in [6.45, 7) is 3.89. The second kappa shape index (κ2) is 9.41. The Labute approximate surface area is 141 Å². The highest BCUT2D eigenvalue weighted by molar-refractivity contribution is 5.27. The molecule has 130 valence electrons. The lowest BCUT2D eigenvalue weighted by Gasteiger charge is -2.21. The number of aliphatic hydroxyl groups is 1. The van der Waals surface area contributed by atoms with Crippen molar-refractivity contribution < 1.29 is 9.84 Å². The average molecular weight is 319 g/mol. The third-order valence-electron chi connectivity index (χ3n) is 5.12. The lowest BCUT2D eigenvalue weighted by molar-refractivity contribution is 0.143. The Morgan fingerprint density at radius 2 is 1.91 bits per heavy atom. The SMILES string of the molecule is CCOCCCCCCc1ccc([C@@H]2CC[C@](N)(CO)C2)cc1. The van der Waals surface area contributed by atoms with Gasteiger partial charge in [0, 0.05) is 18.8 Å². The first kappa shape index (κ1) is 18.4. The molecule has 3 nitrogen and oxygen atoms in total. The average Bonchev–Trinajstić information content (AvgIpc) is 2.98. The van der Waals surface area contributed by atoms with E-state index >= 15 is 0 Å². The first-order chi connectivity index (χ1) is 11.2. The molecule has 1 saturated carbocycles. The molecule has 1 aromatic rings. The zero-order valence-electron chi connectivity index (χ0n) is 14.6. The molecule has 0 amide bonds. The monoisotopic (exact) mass is 319 g/mol. The van der Waals surface area contributed by atoms with Gasteiger partial charge in [-0.3, -0.25) is 0 Å². The van der Waals surface area contributed by atoms with Gasteiger partial charge in [0.05, 0.1) is 6.61 Å². The summed E-state index contributed by atoms with van der Waals surface area (Å²) < 4.78 is 5.36. The zero-order valence-corrected chi connectivity index (χ0v) is 14.6. The summed E-state index contributed by atoms with van der Waals surface area (Å²) in [4.78, 5) is 0. The van der Waals surface area contributed by atoms with Crippen molar-refractivity contribution in [3.63, 3.8) is 0 Å². The van der Waals surface area contributed by atoms with Crippen LogP contribution in [-0.4, -0.2) is 30.5 Å². The molecule has 1 fully saturated rings. The smallest absolute Gasteiger partial charge is 0.0611 e. The van der Waals surface area contributed by atoms with Crippen molar-refractivity contribution in [3.8, 4) is 0 Å². The van der Waals surface area contributed by atoms with Crippen molar-refractivity contribution in [2.24, 2.45) is 5.73 Å². The van der Waals surface area contributed by atoms with Crippen LogP contribution in [0.4, 0.5) is 0 Å². The topological polar surface area (TPSA) is 55.5 Å². The molecule has 23 heavy (non-hydrogen) atoms. The normalized spacial score (nSPS) is 24.2. The van der Waals surface area contributed by atoms with Gasteiger partial charge in [0.2, 0.25) is 0 Å². The highest BCUT2D eigenvalue weighted by atomic mass is 16.5. The minimum Gasteiger partial charge on any atom is -0.394 e. The summed E-state index contributed by atoms with van der Waals surface area (Å²) in [5, 5.41) is 9.39. The molecule has 3 heteroatoms. The molecule has 1 aliphatic carbocycles. The molecule has 0 heterocycles. The van der Waals surface area contributed by atoms with Crippen LogP contribution in [0.2, 0.25) is 0 Å². The summed E-state index contributed by atoms with van der Waals surface area (Å²) in [6, 6.07) is 9.06. The quantitative estimate of drug-likeness (QED) is 0.645. The molecule has 0 bridgehead atoms. The van der Waals surface area contributed by atoms with Crippen molar-refractivity contribution in [3.05, 3.63) is 35.4 Å². The van der Waals surface area contributed by atoms with Crippen LogP contribution in [0, 0.1) is 0 Å². The lowest BCUT2D eigenvalue weighted by Crippen LogP contribution is -2.40. The van der Waals surface area contributed by atoms with Crippen molar-refractivity contribution in [2.45, 2.75) is 69.7 Å². The van der Waals surface area contributed by atoms with Gasteiger partial charge in [-0.15, -0.1) is 0 Å². The molecule has 3 N–H and O–H groups in total. The van der Waals surface area contributed by atoms with Gasteiger partial charge in [0.1, 0.15) is 0 Å². The number of aryl methyl sites for hydroxylation is 1. The molecule has 0 aromatic heterocycles. The standard InChI is InChI=1S/C20H33NO2/c1-2-23-14-6-4-3-5-7-17-8-10-18(11-9-17)19-12-13-20(21,15-19)16-22/h8-11,19,22H,2-7,12-16,21H2,1H3/t19-,20-/m1/s1. The lowest BCUT2D eigenvalue weighted by atomic mass is 9.92. The maximum Gasteiger partial charge on any atom is 0.0611 e. The molecular formula is C20H33NO2. The minimum absolute atomic E-state index is 0.102. The Balaban J connectivity index is 1.69. The number of hydrogen-bond acceptors (Lipinski definition) is 3.